The Labute approximate surface area is 302 Å². The number of unbranched alkanes of at least 4 members (excludes halogenated alkanes) is 3. The molecule has 9 heteroatoms. The molecular formula is C41H68F3N3O3. The topological polar surface area (TPSA) is 54.4 Å². The number of halogens is 3. The van der Waals surface area contributed by atoms with Crippen molar-refractivity contribution in [1.82, 2.24) is 9.80 Å². The molecule has 1 unspecified atom stereocenters. The Morgan fingerprint density at radius 2 is 1.52 bits per heavy atom. The summed E-state index contributed by atoms with van der Waals surface area (Å²) in [5.41, 5.74) is 5.25. The Bertz CT molecular complexity index is 1220. The predicted molar refractivity (Wildman–Crippen MR) is 205 cm³/mol. The Morgan fingerprint density at radius 3 is 1.98 bits per heavy atom. The van der Waals surface area contributed by atoms with E-state index in [1.54, 1.807) is 12.1 Å². The number of aryl methyl sites for hydroxylation is 1. The molecule has 1 saturated heterocycles. The van der Waals surface area contributed by atoms with Gasteiger partial charge in [0.15, 0.2) is 0 Å². The number of amides is 1. The third-order valence-corrected chi connectivity index (χ3v) is 8.11. The van der Waals surface area contributed by atoms with Crippen molar-refractivity contribution in [3.63, 3.8) is 0 Å². The highest BCUT2D eigenvalue weighted by Gasteiger charge is 2.31. The highest BCUT2D eigenvalue weighted by molar-refractivity contribution is 6.03. The Hall–Kier alpha value is -3.23. The van der Waals surface area contributed by atoms with Crippen molar-refractivity contribution < 1.29 is 27.4 Å². The second kappa shape index (κ2) is 24.8. The number of allylic oxidation sites excluding steroid dienone is 5. The molecule has 0 saturated carbocycles. The first-order chi connectivity index (χ1) is 23.5. The first-order valence-corrected chi connectivity index (χ1v) is 18.6. The number of aliphatic imine (C=N–C) groups is 1. The predicted octanol–water partition coefficient (Wildman–Crippen LogP) is 12.3. The largest absolute Gasteiger partial charge is 0.573 e. The average molecular weight is 708 g/mol. The van der Waals surface area contributed by atoms with E-state index < -0.39 is 12.0 Å². The van der Waals surface area contributed by atoms with Crippen molar-refractivity contribution >= 4 is 11.8 Å². The molecule has 1 aromatic carbocycles. The molecule has 6 nitrogen and oxygen atoms in total. The molecule has 2 rings (SSSR count). The van der Waals surface area contributed by atoms with Crippen LogP contribution in [0.5, 0.6) is 5.75 Å². The molecule has 0 bridgehead atoms. The Balaban J connectivity index is 0.000000981. The second-order valence-electron chi connectivity index (χ2n) is 13.6. The van der Waals surface area contributed by atoms with Crippen molar-refractivity contribution in [3.05, 3.63) is 65.0 Å². The van der Waals surface area contributed by atoms with E-state index in [1.807, 2.05) is 38.8 Å². The standard InChI is InChI=1S/C25H43N3O2.C10H11F3O.C6H14/c1-10-13-14-26-20(5)23(22(12-3)19(4)11-2)21(6)27-15-17-28(18-16-27)24(29)30-25(7,8)9;1-2-4-8-5-3-6-9(7-8)14-10(11,12)13;1-3-5-6-4-2/h12-14,19H,10-11,15-18H2,1-9H3;3,5-7H,2,4H2,1H3;3-6H2,1-2H3/b14-13+,22-12-,23-21-,26-20+;;. The molecule has 0 spiro atoms. The van der Waals surface area contributed by atoms with E-state index in [2.05, 4.69) is 77.2 Å². The van der Waals surface area contributed by atoms with Gasteiger partial charge in [-0.25, -0.2) is 4.79 Å². The molecule has 0 aliphatic carbocycles. The number of piperazine rings is 1. The number of carbonyl (C=O) groups is 1. The molecule has 1 aromatic rings. The summed E-state index contributed by atoms with van der Waals surface area (Å²) >= 11 is 0. The summed E-state index contributed by atoms with van der Waals surface area (Å²) < 4.78 is 44.8. The minimum atomic E-state index is -4.61. The number of alkyl halides is 3. The molecule has 1 fully saturated rings. The zero-order valence-corrected chi connectivity index (χ0v) is 33.3. The zero-order valence-electron chi connectivity index (χ0n) is 33.3. The molecule has 286 valence electrons. The van der Waals surface area contributed by atoms with E-state index in [-0.39, 0.29) is 11.8 Å². The Morgan fingerprint density at radius 1 is 0.940 bits per heavy atom. The van der Waals surface area contributed by atoms with Crippen LogP contribution in [0.3, 0.4) is 0 Å². The summed E-state index contributed by atoms with van der Waals surface area (Å²) in [7, 11) is 0. The van der Waals surface area contributed by atoms with Crippen molar-refractivity contribution in [1.29, 1.82) is 0 Å². The SMILES string of the molecule is CCCCCC.CCCc1cccc(OC(F)(F)F)c1.C\C=C(C(/C(C)=N/C=C/CC)=C(/C)N1CCN(C(=O)OC(C)(C)C)CC1)\C(C)CC. The fourth-order valence-corrected chi connectivity index (χ4v) is 5.31. The van der Waals surface area contributed by atoms with Gasteiger partial charge in [0.05, 0.1) is 0 Å². The van der Waals surface area contributed by atoms with E-state index in [1.165, 1.54) is 54.7 Å². The highest BCUT2D eigenvalue weighted by atomic mass is 19.4. The maximum atomic E-state index is 12.4. The maximum Gasteiger partial charge on any atom is 0.573 e. The number of benzene rings is 1. The lowest BCUT2D eigenvalue weighted by Crippen LogP contribution is -2.49. The van der Waals surface area contributed by atoms with Gasteiger partial charge in [0, 0.05) is 49.4 Å². The van der Waals surface area contributed by atoms with Gasteiger partial charge in [0.25, 0.3) is 0 Å². The Kier molecular flexibility index (Phi) is 23.2. The summed E-state index contributed by atoms with van der Waals surface area (Å²) in [5.74, 6) is 0.312. The second-order valence-corrected chi connectivity index (χ2v) is 13.6. The minimum Gasteiger partial charge on any atom is -0.444 e. The molecule has 1 atom stereocenters. The van der Waals surface area contributed by atoms with Gasteiger partial charge in [0.2, 0.25) is 0 Å². The third kappa shape index (κ3) is 19.8. The number of hydrogen-bond donors (Lipinski definition) is 0. The quantitative estimate of drug-likeness (QED) is 0.116. The van der Waals surface area contributed by atoms with Crippen LogP contribution in [0.15, 0.2) is 64.5 Å². The van der Waals surface area contributed by atoms with Crippen molar-refractivity contribution in [2.24, 2.45) is 10.9 Å². The van der Waals surface area contributed by atoms with Crippen LogP contribution < -0.4 is 4.74 Å². The van der Waals surface area contributed by atoms with Gasteiger partial charge in [-0.1, -0.05) is 97.9 Å². The van der Waals surface area contributed by atoms with Gasteiger partial charge in [-0.05, 0) is 90.0 Å². The van der Waals surface area contributed by atoms with Crippen LogP contribution in [0.25, 0.3) is 0 Å². The van der Waals surface area contributed by atoms with Crippen LogP contribution in [0, 0.1) is 5.92 Å². The van der Waals surface area contributed by atoms with Crippen LogP contribution in [0.2, 0.25) is 0 Å². The minimum absolute atomic E-state index is 0.150. The number of hydrogen-bond acceptors (Lipinski definition) is 5. The lowest BCUT2D eigenvalue weighted by atomic mass is 9.87. The molecule has 1 aliphatic rings. The summed E-state index contributed by atoms with van der Waals surface area (Å²) in [4.78, 5) is 21.3. The fraction of sp³-hybridized carbons (Fsp3) is 0.659. The van der Waals surface area contributed by atoms with Gasteiger partial charge in [-0.15, -0.1) is 13.2 Å². The summed E-state index contributed by atoms with van der Waals surface area (Å²) in [6.45, 7) is 28.1. The zero-order chi connectivity index (χ0) is 38.3. The van der Waals surface area contributed by atoms with E-state index in [0.29, 0.717) is 19.0 Å². The highest BCUT2D eigenvalue weighted by Crippen LogP contribution is 2.29. The molecule has 1 heterocycles. The molecule has 0 aromatic heterocycles. The average Bonchev–Trinajstić information content (AvgIpc) is 3.05. The lowest BCUT2D eigenvalue weighted by molar-refractivity contribution is -0.274. The first kappa shape index (κ1) is 46.8. The van der Waals surface area contributed by atoms with Gasteiger partial charge in [-0.3, -0.25) is 4.99 Å². The van der Waals surface area contributed by atoms with Crippen LogP contribution in [0.1, 0.15) is 134 Å². The van der Waals surface area contributed by atoms with E-state index in [4.69, 9.17) is 9.73 Å². The molecule has 0 radical (unpaired) electrons. The molecule has 1 aliphatic heterocycles. The van der Waals surface area contributed by atoms with E-state index in [9.17, 15) is 18.0 Å². The monoisotopic (exact) mass is 708 g/mol. The number of carbonyl (C=O) groups excluding carboxylic acids is 1. The number of ether oxygens (including phenoxy) is 2. The number of rotatable bonds is 13. The molecule has 0 N–H and O–H groups in total. The van der Waals surface area contributed by atoms with Gasteiger partial charge in [-0.2, -0.15) is 0 Å². The van der Waals surface area contributed by atoms with Gasteiger partial charge in [0.1, 0.15) is 11.4 Å². The van der Waals surface area contributed by atoms with Gasteiger partial charge < -0.3 is 19.3 Å². The van der Waals surface area contributed by atoms with Crippen molar-refractivity contribution in [3.8, 4) is 5.75 Å². The maximum absolute atomic E-state index is 12.4. The third-order valence-electron chi connectivity index (χ3n) is 8.11. The van der Waals surface area contributed by atoms with E-state index >= 15 is 0 Å². The summed E-state index contributed by atoms with van der Waals surface area (Å²) in [6.07, 6.45) is 10.6. The fourth-order valence-electron chi connectivity index (χ4n) is 5.31. The van der Waals surface area contributed by atoms with Crippen LogP contribution in [-0.2, 0) is 11.2 Å². The molecule has 1 amide bonds. The number of nitrogens with zero attached hydrogens (tertiary/aromatic N) is 3. The van der Waals surface area contributed by atoms with E-state index in [0.717, 1.165) is 50.0 Å². The van der Waals surface area contributed by atoms with Crippen molar-refractivity contribution in [2.75, 3.05) is 26.2 Å². The first-order valence-electron chi connectivity index (χ1n) is 18.6. The summed E-state index contributed by atoms with van der Waals surface area (Å²) in [6, 6.07) is 6.06. The normalized spacial score (nSPS) is 15.4. The van der Waals surface area contributed by atoms with Crippen molar-refractivity contribution in [2.45, 2.75) is 146 Å². The summed E-state index contributed by atoms with van der Waals surface area (Å²) in [5, 5.41) is 0. The van der Waals surface area contributed by atoms with Crippen LogP contribution >= 0.6 is 0 Å². The van der Waals surface area contributed by atoms with Crippen LogP contribution in [0.4, 0.5) is 18.0 Å². The van der Waals surface area contributed by atoms with Crippen LogP contribution in [-0.4, -0.2) is 59.7 Å². The molecule has 50 heavy (non-hydrogen) atoms. The molecular weight excluding hydrogens is 639 g/mol. The van der Waals surface area contributed by atoms with Gasteiger partial charge >= 0.3 is 12.5 Å². The lowest BCUT2D eigenvalue weighted by Gasteiger charge is -2.38. The smallest absolute Gasteiger partial charge is 0.444 e.